The van der Waals surface area contributed by atoms with Crippen molar-refractivity contribution in [1.29, 1.82) is 0 Å². The van der Waals surface area contributed by atoms with Gasteiger partial charge in [-0.2, -0.15) is 0 Å². The fourth-order valence-corrected chi connectivity index (χ4v) is 1.81. The molecule has 1 aromatic heterocycles. The van der Waals surface area contributed by atoms with Crippen molar-refractivity contribution in [2.24, 2.45) is 5.92 Å². The Bertz CT molecular complexity index is 334. The molecule has 0 spiro atoms. The minimum absolute atomic E-state index is 0.657. The Balaban J connectivity index is 2.79. The first-order valence-corrected chi connectivity index (χ1v) is 5.87. The van der Waals surface area contributed by atoms with Crippen LogP contribution >= 0.6 is 0 Å². The second-order valence-electron chi connectivity index (χ2n) is 4.72. The lowest BCUT2D eigenvalue weighted by Gasteiger charge is -2.21. The van der Waals surface area contributed by atoms with Gasteiger partial charge in [-0.25, -0.2) is 4.98 Å². The summed E-state index contributed by atoms with van der Waals surface area (Å²) in [5.74, 6) is 1.72. The largest absolute Gasteiger partial charge is 0.359 e. The molecule has 3 nitrogen and oxygen atoms in total. The minimum atomic E-state index is 0.657. The molecular weight excluding hydrogens is 198 g/mol. The van der Waals surface area contributed by atoms with E-state index in [0.29, 0.717) is 5.92 Å². The predicted octanol–water partition coefficient (Wildman–Crippen LogP) is 2.20. The van der Waals surface area contributed by atoms with Gasteiger partial charge in [-0.05, 0) is 31.5 Å². The maximum atomic E-state index is 4.63. The molecule has 0 saturated carbocycles. The number of aryl methyl sites for hydroxylation is 1. The summed E-state index contributed by atoms with van der Waals surface area (Å²) in [6, 6.07) is 4.26. The van der Waals surface area contributed by atoms with Gasteiger partial charge in [0.25, 0.3) is 0 Å². The van der Waals surface area contributed by atoms with Crippen molar-refractivity contribution in [3.05, 3.63) is 23.4 Å². The van der Waals surface area contributed by atoms with E-state index in [9.17, 15) is 0 Å². The molecule has 90 valence electrons. The van der Waals surface area contributed by atoms with Gasteiger partial charge in [0.05, 0.1) is 0 Å². The summed E-state index contributed by atoms with van der Waals surface area (Å²) in [4.78, 5) is 6.84. The number of nitrogens with one attached hydrogen (secondary N) is 1. The Hall–Kier alpha value is -1.09. The maximum absolute atomic E-state index is 4.63. The number of rotatable bonds is 5. The zero-order valence-corrected chi connectivity index (χ0v) is 11.0. The van der Waals surface area contributed by atoms with E-state index in [1.807, 2.05) is 7.05 Å². The molecule has 3 heteroatoms. The van der Waals surface area contributed by atoms with E-state index in [1.165, 1.54) is 5.56 Å². The molecule has 0 aliphatic rings. The average molecular weight is 221 g/mol. The first kappa shape index (κ1) is 13.0. The van der Waals surface area contributed by atoms with Crippen molar-refractivity contribution in [3.8, 4) is 0 Å². The molecule has 16 heavy (non-hydrogen) atoms. The summed E-state index contributed by atoms with van der Waals surface area (Å²) in [7, 11) is 4.05. The molecule has 1 heterocycles. The van der Waals surface area contributed by atoms with Crippen molar-refractivity contribution in [1.82, 2.24) is 10.3 Å². The van der Waals surface area contributed by atoms with Crippen LogP contribution in [0.3, 0.4) is 0 Å². The van der Waals surface area contributed by atoms with E-state index in [-0.39, 0.29) is 0 Å². The molecular formula is C13H23N3. The Morgan fingerprint density at radius 2 is 2.06 bits per heavy atom. The molecule has 0 radical (unpaired) electrons. The summed E-state index contributed by atoms with van der Waals surface area (Å²) in [6.45, 7) is 8.43. The number of hydrogen-bond donors (Lipinski definition) is 1. The lowest BCUT2D eigenvalue weighted by molar-refractivity contribution is 0.634. The van der Waals surface area contributed by atoms with Crippen molar-refractivity contribution in [3.63, 3.8) is 0 Å². The summed E-state index contributed by atoms with van der Waals surface area (Å²) in [6.07, 6.45) is 0. The molecule has 0 saturated heterocycles. The van der Waals surface area contributed by atoms with Crippen LogP contribution in [-0.4, -0.2) is 25.6 Å². The van der Waals surface area contributed by atoms with Crippen LogP contribution in [0.15, 0.2) is 12.1 Å². The molecule has 1 N–H and O–H groups in total. The number of aromatic nitrogens is 1. The number of hydrogen-bond acceptors (Lipinski definition) is 3. The predicted molar refractivity (Wildman–Crippen MR) is 69.8 cm³/mol. The standard InChI is InChI=1S/C13H23N3/c1-10(2)9-16(5)13-7-6-12(8-14-4)11(3)15-13/h6-7,10,14H,8-9H2,1-5H3. The first-order valence-electron chi connectivity index (χ1n) is 5.87. The van der Waals surface area contributed by atoms with Crippen LogP contribution in [-0.2, 0) is 6.54 Å². The lowest BCUT2D eigenvalue weighted by atomic mass is 10.2. The molecule has 0 aromatic carbocycles. The Morgan fingerprint density at radius 3 is 2.56 bits per heavy atom. The van der Waals surface area contributed by atoms with Crippen LogP contribution in [0.2, 0.25) is 0 Å². The van der Waals surface area contributed by atoms with Gasteiger partial charge in [-0.1, -0.05) is 19.9 Å². The van der Waals surface area contributed by atoms with Gasteiger partial charge in [-0.15, -0.1) is 0 Å². The molecule has 0 unspecified atom stereocenters. The lowest BCUT2D eigenvalue weighted by Crippen LogP contribution is -2.23. The van der Waals surface area contributed by atoms with Crippen LogP contribution in [0.25, 0.3) is 0 Å². The Morgan fingerprint density at radius 1 is 1.38 bits per heavy atom. The van der Waals surface area contributed by atoms with Crippen LogP contribution < -0.4 is 10.2 Å². The third-order valence-corrected chi connectivity index (χ3v) is 2.58. The molecule has 1 rings (SSSR count). The fraction of sp³-hybridized carbons (Fsp3) is 0.615. The number of anilines is 1. The van der Waals surface area contributed by atoms with Gasteiger partial charge in [0.1, 0.15) is 5.82 Å². The Kier molecular flexibility index (Phi) is 4.74. The van der Waals surface area contributed by atoms with Crippen LogP contribution in [0.4, 0.5) is 5.82 Å². The fourth-order valence-electron chi connectivity index (χ4n) is 1.81. The molecule has 0 atom stereocenters. The summed E-state index contributed by atoms with van der Waals surface area (Å²) < 4.78 is 0. The SMILES string of the molecule is CNCc1ccc(N(C)CC(C)C)nc1C. The summed E-state index contributed by atoms with van der Waals surface area (Å²) in [5.41, 5.74) is 2.38. The monoisotopic (exact) mass is 221 g/mol. The third-order valence-electron chi connectivity index (χ3n) is 2.58. The maximum Gasteiger partial charge on any atom is 0.128 e. The highest BCUT2D eigenvalue weighted by atomic mass is 15.2. The smallest absolute Gasteiger partial charge is 0.128 e. The van der Waals surface area contributed by atoms with Crippen molar-refractivity contribution >= 4 is 5.82 Å². The zero-order valence-electron chi connectivity index (χ0n) is 11.0. The quantitative estimate of drug-likeness (QED) is 0.826. The third kappa shape index (κ3) is 3.49. The normalized spacial score (nSPS) is 10.9. The summed E-state index contributed by atoms with van der Waals surface area (Å²) >= 11 is 0. The molecule has 0 amide bonds. The highest BCUT2D eigenvalue weighted by molar-refractivity contribution is 5.40. The van der Waals surface area contributed by atoms with Gasteiger partial charge in [0.15, 0.2) is 0 Å². The average Bonchev–Trinajstić information content (AvgIpc) is 2.20. The van der Waals surface area contributed by atoms with Crippen molar-refractivity contribution < 1.29 is 0 Å². The molecule has 0 bridgehead atoms. The van der Waals surface area contributed by atoms with Crippen LogP contribution in [0.5, 0.6) is 0 Å². The van der Waals surface area contributed by atoms with E-state index >= 15 is 0 Å². The molecule has 0 aliphatic carbocycles. The highest BCUT2D eigenvalue weighted by Gasteiger charge is 2.06. The highest BCUT2D eigenvalue weighted by Crippen LogP contribution is 2.14. The van der Waals surface area contributed by atoms with Gasteiger partial charge in [-0.3, -0.25) is 0 Å². The van der Waals surface area contributed by atoms with Crippen molar-refractivity contribution in [2.75, 3.05) is 25.5 Å². The second kappa shape index (κ2) is 5.85. The number of pyridine rings is 1. The van der Waals surface area contributed by atoms with E-state index in [2.05, 4.69) is 55.2 Å². The number of nitrogens with zero attached hydrogens (tertiary/aromatic N) is 2. The van der Waals surface area contributed by atoms with E-state index in [1.54, 1.807) is 0 Å². The minimum Gasteiger partial charge on any atom is -0.359 e. The topological polar surface area (TPSA) is 28.2 Å². The van der Waals surface area contributed by atoms with Gasteiger partial charge in [0.2, 0.25) is 0 Å². The summed E-state index contributed by atoms with van der Waals surface area (Å²) in [5, 5.41) is 3.15. The van der Waals surface area contributed by atoms with Gasteiger partial charge in [0, 0.05) is 25.8 Å². The Labute approximate surface area is 98.9 Å². The van der Waals surface area contributed by atoms with Gasteiger partial charge < -0.3 is 10.2 Å². The van der Waals surface area contributed by atoms with Crippen molar-refractivity contribution in [2.45, 2.75) is 27.3 Å². The molecule has 0 aliphatic heterocycles. The first-order chi connectivity index (χ1) is 7.54. The second-order valence-corrected chi connectivity index (χ2v) is 4.72. The van der Waals surface area contributed by atoms with Crippen LogP contribution in [0.1, 0.15) is 25.1 Å². The van der Waals surface area contributed by atoms with E-state index < -0.39 is 0 Å². The zero-order chi connectivity index (χ0) is 12.1. The molecule has 0 fully saturated rings. The molecule has 1 aromatic rings. The van der Waals surface area contributed by atoms with E-state index in [0.717, 1.165) is 24.6 Å². The van der Waals surface area contributed by atoms with Crippen LogP contribution in [0, 0.1) is 12.8 Å². The van der Waals surface area contributed by atoms with E-state index in [4.69, 9.17) is 0 Å². The van der Waals surface area contributed by atoms with Gasteiger partial charge >= 0.3 is 0 Å².